The number of amides is 1. The lowest BCUT2D eigenvalue weighted by Gasteiger charge is -2.37. The Balaban J connectivity index is 0.000000179. The third kappa shape index (κ3) is 12.7. The highest BCUT2D eigenvalue weighted by Crippen LogP contribution is 2.52. The van der Waals surface area contributed by atoms with Crippen LogP contribution >= 0.6 is 12.4 Å². The van der Waals surface area contributed by atoms with Gasteiger partial charge in [-0.3, -0.25) is 4.79 Å². The Bertz CT molecular complexity index is 3000. The number of aromatic nitrogens is 4. The largest absolute Gasteiger partial charge is 0.478 e. The summed E-state index contributed by atoms with van der Waals surface area (Å²) >= 11 is 0. The van der Waals surface area contributed by atoms with Crippen molar-refractivity contribution in [1.82, 2.24) is 30.2 Å². The summed E-state index contributed by atoms with van der Waals surface area (Å²) in [6, 6.07) is 27.0. The minimum absolute atomic E-state index is 0. The molecule has 4 N–H and O–H groups in total. The number of carbonyl (C=O) groups is 2. The zero-order valence-electron chi connectivity index (χ0n) is 42.2. The number of piperidine rings is 2. The summed E-state index contributed by atoms with van der Waals surface area (Å²) in [7, 11) is 0. The highest BCUT2D eigenvalue weighted by atomic mass is 35.5. The molecule has 1 amide bonds. The summed E-state index contributed by atoms with van der Waals surface area (Å²) in [6.45, 7) is 11.1. The number of nitriles is 2. The first-order valence-corrected chi connectivity index (χ1v) is 25.3. The second-order valence-corrected chi connectivity index (χ2v) is 20.0. The summed E-state index contributed by atoms with van der Waals surface area (Å²) in [5, 5.41) is 30.4. The first-order valence-electron chi connectivity index (χ1n) is 25.3. The fourth-order valence-corrected chi connectivity index (χ4v) is 10.5. The number of hydrogen-bond donors (Lipinski definition) is 4. The normalized spacial score (nSPS) is 17.4. The molecular formula is C58H63ClF4N8O3. The van der Waals surface area contributed by atoms with Gasteiger partial charge in [0.25, 0.3) is 5.91 Å². The van der Waals surface area contributed by atoms with E-state index in [9.17, 15) is 32.3 Å². The van der Waals surface area contributed by atoms with Crippen LogP contribution in [0, 0.1) is 36.5 Å². The number of benzene rings is 4. The Kier molecular flexibility index (Phi) is 17.5. The molecule has 6 aromatic rings. The molecule has 4 aliphatic rings. The standard InChI is InChI=1S/C29H30F2N4O.C17H18F2N2O2.C12H14N2.ClH/c1-3-23-17-33-27(34-23)26-13-24(18(2)12-25(26)22-14-29(30,31)15-22)28(36)35-10-8-21(9-11-35)20-6-4-19(16-32)5-7-20;1-3-11-8-20-15(21-11)14-5-12(16(22)23)9(2)4-13(14)10-6-17(18,19)7-10;13-9-10-1-3-11(4-2-10)12-5-7-14-8-6-12;/h4-7,12-13,17,21-22H,3,8-11,14-15H2,1-2H3,(H,33,34);4-5,8,10H,3,6-7H2,1-2H3,(H,20,21)(H,22,23);1-4,12,14H,5-8H2;1H. The number of carboxylic acids is 1. The average Bonchev–Trinajstić information content (AvgIpc) is 4.08. The smallest absolute Gasteiger partial charge is 0.335 e. The maximum atomic E-state index is 13.7. The maximum absolute atomic E-state index is 13.7. The lowest BCUT2D eigenvalue weighted by molar-refractivity contribution is -0.0872. The topological polar surface area (TPSA) is 175 Å². The summed E-state index contributed by atoms with van der Waals surface area (Å²) < 4.78 is 53.9. The van der Waals surface area contributed by atoms with Crippen molar-refractivity contribution in [3.05, 3.63) is 152 Å². The molecule has 388 valence electrons. The van der Waals surface area contributed by atoms with E-state index in [0.29, 0.717) is 58.8 Å². The molecule has 4 fully saturated rings. The predicted molar refractivity (Wildman–Crippen MR) is 279 cm³/mol. The van der Waals surface area contributed by atoms with Crippen LogP contribution in [0.3, 0.4) is 0 Å². The van der Waals surface area contributed by atoms with Crippen molar-refractivity contribution in [2.45, 2.75) is 127 Å². The molecule has 2 saturated carbocycles. The molecule has 2 aliphatic carbocycles. The van der Waals surface area contributed by atoms with Crippen LogP contribution in [0.5, 0.6) is 0 Å². The van der Waals surface area contributed by atoms with Gasteiger partial charge in [-0.2, -0.15) is 10.5 Å². The number of likely N-dealkylation sites (tertiary alicyclic amines) is 1. The van der Waals surface area contributed by atoms with E-state index in [1.54, 1.807) is 31.5 Å². The molecule has 16 heteroatoms. The van der Waals surface area contributed by atoms with Crippen LogP contribution < -0.4 is 5.32 Å². The fourth-order valence-electron chi connectivity index (χ4n) is 10.5. The van der Waals surface area contributed by atoms with Crippen molar-refractivity contribution in [3.63, 3.8) is 0 Å². The molecule has 10 rings (SSSR count). The third-order valence-corrected chi connectivity index (χ3v) is 15.0. The van der Waals surface area contributed by atoms with Gasteiger partial charge >= 0.3 is 5.97 Å². The lowest BCUT2D eigenvalue weighted by Crippen LogP contribution is -2.38. The van der Waals surface area contributed by atoms with Gasteiger partial charge in [0.15, 0.2) is 0 Å². The fraction of sp³-hybridized carbons (Fsp3) is 0.414. The Hall–Kier alpha value is -6.81. The number of rotatable bonds is 10. The number of carboxylic acid groups (broad SMARTS) is 1. The van der Waals surface area contributed by atoms with Gasteiger partial charge in [0.05, 0.1) is 28.8 Å². The van der Waals surface area contributed by atoms with Crippen molar-refractivity contribution in [2.24, 2.45) is 0 Å². The Morgan fingerprint density at radius 2 is 1.05 bits per heavy atom. The summed E-state index contributed by atoms with van der Waals surface area (Å²) in [5.41, 5.74) is 11.0. The number of nitrogens with one attached hydrogen (secondary N) is 3. The van der Waals surface area contributed by atoms with Crippen LogP contribution in [-0.2, 0) is 12.8 Å². The molecule has 11 nitrogen and oxygen atoms in total. The lowest BCUT2D eigenvalue weighted by atomic mass is 9.74. The molecule has 4 aromatic carbocycles. The summed E-state index contributed by atoms with van der Waals surface area (Å²) in [6.07, 6.45) is 8.41. The number of carbonyl (C=O) groups excluding carboxylic acids is 1. The molecule has 2 saturated heterocycles. The van der Waals surface area contributed by atoms with E-state index in [4.69, 9.17) is 10.5 Å². The van der Waals surface area contributed by atoms with Crippen LogP contribution in [-0.4, -0.2) is 79.8 Å². The van der Waals surface area contributed by atoms with E-state index in [2.05, 4.69) is 49.5 Å². The van der Waals surface area contributed by atoms with E-state index in [1.807, 2.05) is 74.2 Å². The average molecular weight is 1030 g/mol. The van der Waals surface area contributed by atoms with Gasteiger partial charge in [-0.15, -0.1) is 12.4 Å². The van der Waals surface area contributed by atoms with Gasteiger partial charge in [-0.25, -0.2) is 32.3 Å². The van der Waals surface area contributed by atoms with E-state index in [0.717, 1.165) is 78.0 Å². The first-order chi connectivity index (χ1) is 35.0. The monoisotopic (exact) mass is 1030 g/mol. The van der Waals surface area contributed by atoms with Crippen molar-refractivity contribution < 1.29 is 32.3 Å². The number of hydrogen-bond acceptors (Lipinski definition) is 7. The molecular weight excluding hydrogens is 968 g/mol. The van der Waals surface area contributed by atoms with Gasteiger partial charge in [-0.05, 0) is 159 Å². The Morgan fingerprint density at radius 3 is 1.43 bits per heavy atom. The molecule has 0 unspecified atom stereocenters. The number of aryl methyl sites for hydroxylation is 4. The minimum Gasteiger partial charge on any atom is -0.478 e. The number of halogens is 5. The predicted octanol–water partition coefficient (Wildman–Crippen LogP) is 13.0. The highest BCUT2D eigenvalue weighted by molar-refractivity contribution is 5.97. The van der Waals surface area contributed by atoms with Gasteiger partial charge in [-0.1, -0.05) is 50.2 Å². The van der Waals surface area contributed by atoms with Gasteiger partial charge in [0.1, 0.15) is 11.6 Å². The number of aromatic carboxylic acids is 1. The number of alkyl halides is 4. The van der Waals surface area contributed by atoms with Crippen molar-refractivity contribution in [1.29, 1.82) is 10.5 Å². The first kappa shape index (κ1) is 55.0. The summed E-state index contributed by atoms with van der Waals surface area (Å²) in [4.78, 5) is 42.1. The zero-order chi connectivity index (χ0) is 52.0. The van der Waals surface area contributed by atoms with Gasteiger partial charge in [0, 0.05) is 79.2 Å². The van der Waals surface area contributed by atoms with Crippen LogP contribution in [0.25, 0.3) is 22.8 Å². The molecule has 0 atom stereocenters. The Morgan fingerprint density at radius 1 is 0.649 bits per heavy atom. The second kappa shape index (κ2) is 23.6. The molecule has 74 heavy (non-hydrogen) atoms. The van der Waals surface area contributed by atoms with Crippen LogP contribution in [0.4, 0.5) is 17.6 Å². The van der Waals surface area contributed by atoms with Gasteiger partial charge < -0.3 is 25.3 Å². The van der Waals surface area contributed by atoms with E-state index in [-0.39, 0.29) is 61.4 Å². The number of H-pyrrole nitrogens is 2. The SMILES string of the molecule is CCc1cnc(-c2cc(C(=O)N3CCC(c4ccc(C#N)cc4)CC3)c(C)cc2C2CC(F)(F)C2)[nH]1.CCc1cnc(-c2cc(C(=O)O)c(C)cc2C2CC(F)(F)C2)[nH]1.Cl.N#Cc1ccc(C2CCNCC2)cc1. The molecule has 0 bridgehead atoms. The molecule has 4 heterocycles. The molecule has 2 aromatic heterocycles. The highest BCUT2D eigenvalue weighted by Gasteiger charge is 2.48. The zero-order valence-corrected chi connectivity index (χ0v) is 43.0. The number of nitrogens with zero attached hydrogens (tertiary/aromatic N) is 5. The molecule has 0 radical (unpaired) electrons. The maximum Gasteiger partial charge on any atom is 0.335 e. The van der Waals surface area contributed by atoms with Crippen molar-refractivity contribution in [3.8, 4) is 34.9 Å². The number of imidazole rings is 2. The van der Waals surface area contributed by atoms with E-state index in [1.165, 1.54) is 24.0 Å². The Labute approximate surface area is 436 Å². The van der Waals surface area contributed by atoms with Crippen LogP contribution in [0.1, 0.15) is 165 Å². The van der Waals surface area contributed by atoms with E-state index >= 15 is 0 Å². The van der Waals surface area contributed by atoms with Crippen LogP contribution in [0.2, 0.25) is 0 Å². The molecule has 0 spiro atoms. The van der Waals surface area contributed by atoms with E-state index < -0.39 is 17.8 Å². The minimum atomic E-state index is -2.63. The van der Waals surface area contributed by atoms with Crippen molar-refractivity contribution >= 4 is 24.3 Å². The van der Waals surface area contributed by atoms with Crippen LogP contribution in [0.15, 0.2) is 85.2 Å². The van der Waals surface area contributed by atoms with Crippen molar-refractivity contribution in [2.75, 3.05) is 26.2 Å². The number of aromatic amines is 2. The second-order valence-electron chi connectivity index (χ2n) is 20.0. The quantitative estimate of drug-likeness (QED) is 0.0981. The molecule has 2 aliphatic heterocycles. The van der Waals surface area contributed by atoms with Gasteiger partial charge in [0.2, 0.25) is 11.8 Å². The third-order valence-electron chi connectivity index (χ3n) is 15.0. The summed E-state index contributed by atoms with van der Waals surface area (Å²) in [5.74, 6) is -4.61.